The van der Waals surface area contributed by atoms with Gasteiger partial charge in [-0.3, -0.25) is 4.79 Å². The van der Waals surface area contributed by atoms with Gasteiger partial charge in [0.1, 0.15) is 6.54 Å². The molecule has 0 atom stereocenters. The molecule has 1 saturated carbocycles. The molecule has 3 aromatic rings. The molecule has 2 aromatic carbocycles. The van der Waals surface area contributed by atoms with E-state index < -0.39 is 0 Å². The summed E-state index contributed by atoms with van der Waals surface area (Å²) in [6, 6.07) is 15.9. The van der Waals surface area contributed by atoms with Crippen molar-refractivity contribution in [3.8, 4) is 11.5 Å². The zero-order valence-corrected chi connectivity index (χ0v) is 23.9. The van der Waals surface area contributed by atoms with Crippen molar-refractivity contribution in [1.82, 2.24) is 9.80 Å². The molecule has 2 aliphatic rings. The van der Waals surface area contributed by atoms with Crippen LogP contribution in [0.4, 0.5) is 10.5 Å². The summed E-state index contributed by atoms with van der Waals surface area (Å²) in [5.74, 6) is 1.86. The number of nitrogens with zero attached hydrogens (tertiary/aromatic N) is 2. The normalized spacial score (nSPS) is 14.1. The van der Waals surface area contributed by atoms with Crippen LogP contribution in [0.5, 0.6) is 11.5 Å². The van der Waals surface area contributed by atoms with Gasteiger partial charge in [-0.05, 0) is 64.9 Å². The zero-order chi connectivity index (χ0) is 27.5. The largest absolute Gasteiger partial charge is 0.454 e. The number of hydrogen-bond donors (Lipinski definition) is 1. The summed E-state index contributed by atoms with van der Waals surface area (Å²) in [5, 5.41) is 5.23. The number of thiophene rings is 1. The fourth-order valence-corrected chi connectivity index (χ4v) is 5.67. The predicted molar refractivity (Wildman–Crippen MR) is 155 cm³/mol. The van der Waals surface area contributed by atoms with Gasteiger partial charge in [-0.2, -0.15) is 0 Å². The van der Waals surface area contributed by atoms with Crippen molar-refractivity contribution < 1.29 is 19.1 Å². The Morgan fingerprint density at radius 3 is 2.31 bits per heavy atom. The number of anilines is 1. The van der Waals surface area contributed by atoms with Crippen molar-refractivity contribution in [2.24, 2.45) is 0 Å². The smallest absolute Gasteiger partial charge is 0.322 e. The Bertz CT molecular complexity index is 1290. The van der Waals surface area contributed by atoms with Crippen LogP contribution < -0.4 is 14.8 Å². The minimum Gasteiger partial charge on any atom is -0.454 e. The number of carbonyl (C=O) groups excluding carboxylic acids is 2. The lowest BCUT2D eigenvalue weighted by molar-refractivity contribution is -0.133. The highest BCUT2D eigenvalue weighted by atomic mass is 32.1. The van der Waals surface area contributed by atoms with E-state index in [2.05, 4.69) is 51.2 Å². The Labute approximate surface area is 234 Å². The molecule has 0 unspecified atom stereocenters. The van der Waals surface area contributed by atoms with Gasteiger partial charge < -0.3 is 24.6 Å². The maximum Gasteiger partial charge on any atom is 0.322 e. The van der Waals surface area contributed by atoms with Crippen LogP contribution in [0.3, 0.4) is 0 Å². The number of rotatable bonds is 10. The van der Waals surface area contributed by atoms with E-state index >= 15 is 0 Å². The number of para-hydroxylation sites is 1. The summed E-state index contributed by atoms with van der Waals surface area (Å²) in [5.41, 5.74) is 4.05. The van der Waals surface area contributed by atoms with Gasteiger partial charge in [-0.1, -0.05) is 58.0 Å². The second-order valence-corrected chi connectivity index (χ2v) is 12.0. The van der Waals surface area contributed by atoms with Crippen molar-refractivity contribution in [2.75, 3.05) is 18.7 Å². The first-order valence-corrected chi connectivity index (χ1v) is 14.6. The van der Waals surface area contributed by atoms with E-state index in [1.807, 2.05) is 40.6 Å². The Hall–Kier alpha value is -3.52. The Morgan fingerprint density at radius 1 is 0.949 bits per heavy atom. The topological polar surface area (TPSA) is 71.1 Å². The number of ether oxygens (including phenoxy) is 2. The molecule has 5 rings (SSSR count). The second kappa shape index (κ2) is 11.7. The number of urea groups is 1. The van der Waals surface area contributed by atoms with Crippen LogP contribution in [0.25, 0.3) is 0 Å². The minimum absolute atomic E-state index is 0.0350. The van der Waals surface area contributed by atoms with Crippen molar-refractivity contribution in [2.45, 2.75) is 71.5 Å². The first kappa shape index (κ1) is 27.1. The molecule has 1 fully saturated rings. The van der Waals surface area contributed by atoms with Gasteiger partial charge in [-0.25, -0.2) is 4.79 Å². The molecule has 39 heavy (non-hydrogen) atoms. The van der Waals surface area contributed by atoms with E-state index in [-0.39, 0.29) is 43.2 Å². The lowest BCUT2D eigenvalue weighted by Gasteiger charge is -2.29. The third-order valence-corrected chi connectivity index (χ3v) is 8.11. The van der Waals surface area contributed by atoms with Crippen LogP contribution in [0.15, 0.2) is 53.9 Å². The molecular weight excluding hydrogens is 510 g/mol. The average molecular weight is 548 g/mol. The molecule has 0 saturated heterocycles. The lowest BCUT2D eigenvalue weighted by atomic mass is 9.93. The summed E-state index contributed by atoms with van der Waals surface area (Å²) in [6.45, 7) is 9.69. The molecular formula is C31H37N3O4S. The maximum absolute atomic E-state index is 13.8. The molecule has 1 aliphatic heterocycles. The summed E-state index contributed by atoms with van der Waals surface area (Å²) in [4.78, 5) is 32.2. The average Bonchev–Trinajstić information content (AvgIpc) is 3.40. The summed E-state index contributed by atoms with van der Waals surface area (Å²) in [6.07, 6.45) is 1.83. The molecule has 1 aliphatic carbocycles. The van der Waals surface area contributed by atoms with Crippen LogP contribution in [0.2, 0.25) is 0 Å². The summed E-state index contributed by atoms with van der Waals surface area (Å²) < 4.78 is 11.0. The van der Waals surface area contributed by atoms with E-state index in [1.165, 1.54) is 0 Å². The number of amides is 3. The molecule has 2 heterocycles. The molecule has 0 bridgehead atoms. The van der Waals surface area contributed by atoms with Gasteiger partial charge in [-0.15, -0.1) is 11.3 Å². The van der Waals surface area contributed by atoms with Gasteiger partial charge in [0.15, 0.2) is 11.5 Å². The SMILES string of the molecule is CC(C)c1cccc(C(C)C)c1NC(=O)N(CC(=O)N(Cc1ccc2c(c1)OCO2)Cc1cccs1)C1CC1. The van der Waals surface area contributed by atoms with E-state index in [0.717, 1.165) is 40.1 Å². The van der Waals surface area contributed by atoms with Crippen LogP contribution in [0, 0.1) is 0 Å². The van der Waals surface area contributed by atoms with Gasteiger partial charge in [0.05, 0.1) is 6.54 Å². The number of hydrogen-bond acceptors (Lipinski definition) is 5. The molecule has 7 nitrogen and oxygen atoms in total. The molecule has 206 valence electrons. The highest BCUT2D eigenvalue weighted by Crippen LogP contribution is 2.35. The van der Waals surface area contributed by atoms with E-state index in [4.69, 9.17) is 9.47 Å². The first-order chi connectivity index (χ1) is 18.8. The van der Waals surface area contributed by atoms with Gasteiger partial charge in [0, 0.05) is 23.2 Å². The molecule has 0 spiro atoms. The highest BCUT2D eigenvalue weighted by molar-refractivity contribution is 7.09. The Kier molecular flexibility index (Phi) is 8.12. The fourth-order valence-electron chi connectivity index (χ4n) is 4.96. The lowest BCUT2D eigenvalue weighted by Crippen LogP contribution is -2.45. The molecule has 1 N–H and O–H groups in total. The first-order valence-electron chi connectivity index (χ1n) is 13.7. The Morgan fingerprint density at radius 2 is 1.67 bits per heavy atom. The third-order valence-electron chi connectivity index (χ3n) is 7.25. The number of nitrogens with one attached hydrogen (secondary N) is 1. The van der Waals surface area contributed by atoms with Crippen LogP contribution in [0.1, 0.15) is 73.9 Å². The van der Waals surface area contributed by atoms with E-state index in [0.29, 0.717) is 24.6 Å². The predicted octanol–water partition coefficient (Wildman–Crippen LogP) is 6.95. The third kappa shape index (κ3) is 6.38. The molecule has 0 radical (unpaired) electrons. The highest BCUT2D eigenvalue weighted by Gasteiger charge is 2.35. The van der Waals surface area contributed by atoms with E-state index in [9.17, 15) is 9.59 Å². The number of carbonyl (C=O) groups is 2. The maximum atomic E-state index is 13.8. The van der Waals surface area contributed by atoms with Crippen molar-refractivity contribution >= 4 is 29.0 Å². The number of fused-ring (bicyclic) bond motifs is 1. The van der Waals surface area contributed by atoms with Crippen LogP contribution >= 0.6 is 11.3 Å². The minimum atomic E-state index is -0.208. The monoisotopic (exact) mass is 547 g/mol. The van der Waals surface area contributed by atoms with Gasteiger partial charge in [0.2, 0.25) is 12.7 Å². The summed E-state index contributed by atoms with van der Waals surface area (Å²) >= 11 is 1.62. The molecule has 3 amide bonds. The van der Waals surface area contributed by atoms with Crippen LogP contribution in [-0.2, 0) is 17.9 Å². The van der Waals surface area contributed by atoms with Crippen molar-refractivity contribution in [1.29, 1.82) is 0 Å². The quantitative estimate of drug-likeness (QED) is 0.298. The summed E-state index contributed by atoms with van der Waals surface area (Å²) in [7, 11) is 0. The van der Waals surface area contributed by atoms with Gasteiger partial charge in [0.25, 0.3) is 0 Å². The fraction of sp³-hybridized carbons (Fsp3) is 0.419. The van der Waals surface area contributed by atoms with Gasteiger partial charge >= 0.3 is 6.03 Å². The second-order valence-electron chi connectivity index (χ2n) is 10.9. The Balaban J connectivity index is 1.36. The van der Waals surface area contributed by atoms with Crippen LogP contribution in [-0.4, -0.2) is 41.1 Å². The number of benzene rings is 2. The van der Waals surface area contributed by atoms with Crippen molar-refractivity contribution in [3.05, 3.63) is 75.5 Å². The van der Waals surface area contributed by atoms with Crippen molar-refractivity contribution in [3.63, 3.8) is 0 Å². The molecule has 8 heteroatoms. The molecule has 1 aromatic heterocycles. The standard InChI is InChI=1S/C31H37N3O4S/c1-20(2)25-8-5-9-26(21(3)4)30(25)32-31(36)34(23-11-12-23)18-29(35)33(17-24-7-6-14-39-24)16-22-10-13-27-28(15-22)38-19-37-27/h5-10,13-15,20-21,23H,11-12,16-19H2,1-4H3,(H,32,36). The zero-order valence-electron chi connectivity index (χ0n) is 23.1. The van der Waals surface area contributed by atoms with E-state index in [1.54, 1.807) is 16.2 Å².